The summed E-state index contributed by atoms with van der Waals surface area (Å²) in [5.74, 6) is 0. The molecule has 2 rings (SSSR count). The second kappa shape index (κ2) is 8.57. The maximum atomic E-state index is 11.7. The van der Waals surface area contributed by atoms with E-state index < -0.39 is 0 Å². The van der Waals surface area contributed by atoms with E-state index in [9.17, 15) is 9.59 Å². The van der Waals surface area contributed by atoms with Gasteiger partial charge in [0.1, 0.15) is 6.10 Å². The lowest BCUT2D eigenvalue weighted by Gasteiger charge is -2.33. The van der Waals surface area contributed by atoms with Crippen molar-refractivity contribution in [2.45, 2.75) is 38.8 Å². The van der Waals surface area contributed by atoms with Crippen LogP contribution in [0.1, 0.15) is 26.7 Å². The van der Waals surface area contributed by atoms with Crippen molar-refractivity contribution < 1.29 is 9.53 Å². The highest BCUT2D eigenvalue weighted by Gasteiger charge is 2.22. The SMILES string of the molecule is CC(C)NCCNC(=O)OC1CCN(c2cc[nH]c(=O)c2)CC1. The number of carbonyl (C=O) groups is 1. The fourth-order valence-corrected chi connectivity index (χ4v) is 2.58. The molecule has 0 radical (unpaired) electrons. The van der Waals surface area contributed by atoms with Crippen LogP contribution in [-0.2, 0) is 4.74 Å². The molecule has 7 nitrogen and oxygen atoms in total. The third kappa shape index (κ3) is 5.94. The fraction of sp³-hybridized carbons (Fsp3) is 0.625. The first-order valence-corrected chi connectivity index (χ1v) is 8.16. The molecule has 1 aromatic rings. The van der Waals surface area contributed by atoms with E-state index in [1.807, 2.05) is 6.07 Å². The molecule has 1 amide bonds. The molecule has 0 bridgehead atoms. The van der Waals surface area contributed by atoms with Gasteiger partial charge in [0.2, 0.25) is 5.56 Å². The van der Waals surface area contributed by atoms with Crippen molar-refractivity contribution in [1.82, 2.24) is 15.6 Å². The van der Waals surface area contributed by atoms with Gasteiger partial charge in [-0.05, 0) is 6.07 Å². The highest BCUT2D eigenvalue weighted by molar-refractivity contribution is 5.67. The molecule has 3 N–H and O–H groups in total. The molecule has 0 aliphatic carbocycles. The molecule has 1 aromatic heterocycles. The minimum Gasteiger partial charge on any atom is -0.446 e. The zero-order valence-electron chi connectivity index (χ0n) is 13.8. The molecule has 1 aliphatic rings. The van der Waals surface area contributed by atoms with Crippen molar-refractivity contribution in [2.75, 3.05) is 31.1 Å². The van der Waals surface area contributed by atoms with E-state index in [1.54, 1.807) is 12.3 Å². The summed E-state index contributed by atoms with van der Waals surface area (Å²) < 4.78 is 5.43. The Kier molecular flexibility index (Phi) is 6.46. The predicted molar refractivity (Wildman–Crippen MR) is 89.9 cm³/mol. The average molecular weight is 322 g/mol. The van der Waals surface area contributed by atoms with Crippen molar-refractivity contribution in [3.63, 3.8) is 0 Å². The van der Waals surface area contributed by atoms with Crippen LogP contribution in [0.2, 0.25) is 0 Å². The molecular weight excluding hydrogens is 296 g/mol. The van der Waals surface area contributed by atoms with Crippen LogP contribution >= 0.6 is 0 Å². The summed E-state index contributed by atoms with van der Waals surface area (Å²) in [7, 11) is 0. The highest BCUT2D eigenvalue weighted by Crippen LogP contribution is 2.19. The van der Waals surface area contributed by atoms with Gasteiger partial charge in [0.05, 0.1) is 0 Å². The summed E-state index contributed by atoms with van der Waals surface area (Å²) in [4.78, 5) is 27.8. The lowest BCUT2D eigenvalue weighted by Crippen LogP contribution is -2.41. The lowest BCUT2D eigenvalue weighted by molar-refractivity contribution is 0.0833. The number of aromatic amines is 1. The topological polar surface area (TPSA) is 86.5 Å². The van der Waals surface area contributed by atoms with Gasteiger partial charge in [0.15, 0.2) is 0 Å². The number of pyridine rings is 1. The zero-order chi connectivity index (χ0) is 16.7. The standard InChI is InChI=1S/C16H26N4O3/c1-12(2)17-7-8-19-16(22)23-14-4-9-20(10-5-14)13-3-6-18-15(21)11-13/h3,6,11-12,14,17H,4-5,7-10H2,1-2H3,(H,18,21)(H,19,22). The first kappa shape index (κ1) is 17.3. The Morgan fingerprint density at radius 2 is 2.13 bits per heavy atom. The normalized spacial score (nSPS) is 15.7. The summed E-state index contributed by atoms with van der Waals surface area (Å²) >= 11 is 0. The van der Waals surface area contributed by atoms with Crippen LogP contribution in [0.3, 0.4) is 0 Å². The van der Waals surface area contributed by atoms with Gasteiger partial charge in [-0.1, -0.05) is 13.8 Å². The molecule has 0 unspecified atom stereocenters. The first-order valence-electron chi connectivity index (χ1n) is 8.16. The van der Waals surface area contributed by atoms with Crippen LogP contribution in [0.4, 0.5) is 10.5 Å². The average Bonchev–Trinajstić information content (AvgIpc) is 2.52. The van der Waals surface area contributed by atoms with E-state index in [0.717, 1.165) is 38.2 Å². The van der Waals surface area contributed by atoms with Gasteiger partial charge in [-0.25, -0.2) is 4.79 Å². The monoisotopic (exact) mass is 322 g/mol. The Morgan fingerprint density at radius 3 is 2.78 bits per heavy atom. The predicted octanol–water partition coefficient (Wildman–Crippen LogP) is 1.07. The van der Waals surface area contributed by atoms with E-state index in [0.29, 0.717) is 12.6 Å². The number of ether oxygens (including phenoxy) is 1. The zero-order valence-corrected chi connectivity index (χ0v) is 13.8. The van der Waals surface area contributed by atoms with E-state index in [4.69, 9.17) is 4.74 Å². The maximum absolute atomic E-state index is 11.7. The summed E-state index contributed by atoms with van der Waals surface area (Å²) in [6, 6.07) is 3.88. The Morgan fingerprint density at radius 1 is 1.39 bits per heavy atom. The molecule has 0 aromatic carbocycles. The summed E-state index contributed by atoms with van der Waals surface area (Å²) in [6.45, 7) is 6.96. The Bertz CT molecular complexity index is 550. The van der Waals surface area contributed by atoms with E-state index >= 15 is 0 Å². The molecule has 1 fully saturated rings. The molecule has 0 atom stereocenters. The first-order chi connectivity index (χ1) is 11.0. The number of H-pyrrole nitrogens is 1. The van der Waals surface area contributed by atoms with Gasteiger partial charge in [0.25, 0.3) is 0 Å². The largest absolute Gasteiger partial charge is 0.446 e. The summed E-state index contributed by atoms with van der Waals surface area (Å²) in [5, 5.41) is 5.98. The van der Waals surface area contributed by atoms with Crippen molar-refractivity contribution in [3.05, 3.63) is 28.7 Å². The van der Waals surface area contributed by atoms with E-state index in [2.05, 4.69) is 34.4 Å². The molecule has 1 aliphatic heterocycles. The minimum absolute atomic E-state index is 0.0636. The number of nitrogens with one attached hydrogen (secondary N) is 3. The molecule has 0 spiro atoms. The molecule has 1 saturated heterocycles. The Labute approximate surface area is 136 Å². The van der Waals surface area contributed by atoms with Crippen LogP contribution in [0.5, 0.6) is 0 Å². The van der Waals surface area contributed by atoms with E-state index in [1.165, 1.54) is 0 Å². The number of amides is 1. The Balaban J connectivity index is 1.68. The summed E-state index contributed by atoms with van der Waals surface area (Å²) in [6.07, 6.45) is 2.77. The van der Waals surface area contributed by atoms with E-state index in [-0.39, 0.29) is 17.8 Å². The molecule has 7 heteroatoms. The van der Waals surface area contributed by atoms with Gasteiger partial charge < -0.3 is 25.3 Å². The molecule has 2 heterocycles. The number of hydrogen-bond acceptors (Lipinski definition) is 5. The second-order valence-electron chi connectivity index (χ2n) is 6.04. The number of hydrogen-bond donors (Lipinski definition) is 3. The molecule has 0 saturated carbocycles. The number of aromatic nitrogens is 1. The highest BCUT2D eigenvalue weighted by atomic mass is 16.6. The molecular formula is C16H26N4O3. The number of alkyl carbamates (subject to hydrolysis) is 1. The summed E-state index contributed by atoms with van der Waals surface area (Å²) in [5.41, 5.74) is 0.812. The van der Waals surface area contributed by atoms with Crippen molar-refractivity contribution in [1.29, 1.82) is 0 Å². The third-order valence-electron chi connectivity index (χ3n) is 3.79. The number of piperidine rings is 1. The smallest absolute Gasteiger partial charge is 0.407 e. The Hall–Kier alpha value is -2.02. The number of anilines is 1. The van der Waals surface area contributed by atoms with Crippen LogP contribution in [0.25, 0.3) is 0 Å². The van der Waals surface area contributed by atoms with Crippen LogP contribution in [-0.4, -0.2) is 49.4 Å². The lowest BCUT2D eigenvalue weighted by atomic mass is 10.1. The van der Waals surface area contributed by atoms with Crippen LogP contribution in [0.15, 0.2) is 23.1 Å². The second-order valence-corrected chi connectivity index (χ2v) is 6.04. The number of carbonyl (C=O) groups excluding carboxylic acids is 1. The number of rotatable bonds is 6. The van der Waals surface area contributed by atoms with Gasteiger partial charge >= 0.3 is 6.09 Å². The quantitative estimate of drug-likeness (QED) is 0.682. The van der Waals surface area contributed by atoms with Crippen LogP contribution in [0, 0.1) is 0 Å². The minimum atomic E-state index is -0.356. The molecule has 128 valence electrons. The maximum Gasteiger partial charge on any atom is 0.407 e. The van der Waals surface area contributed by atoms with Crippen molar-refractivity contribution >= 4 is 11.8 Å². The number of nitrogens with zero attached hydrogens (tertiary/aromatic N) is 1. The van der Waals surface area contributed by atoms with Crippen LogP contribution < -0.4 is 21.1 Å². The van der Waals surface area contributed by atoms with Gasteiger partial charge in [-0.15, -0.1) is 0 Å². The fourth-order valence-electron chi connectivity index (χ4n) is 2.58. The van der Waals surface area contributed by atoms with Gasteiger partial charge in [0, 0.05) is 63.0 Å². The molecule has 23 heavy (non-hydrogen) atoms. The van der Waals surface area contributed by atoms with Gasteiger partial charge in [-0.2, -0.15) is 0 Å². The van der Waals surface area contributed by atoms with Crippen molar-refractivity contribution in [3.8, 4) is 0 Å². The third-order valence-corrected chi connectivity index (χ3v) is 3.79. The van der Waals surface area contributed by atoms with Crippen molar-refractivity contribution in [2.24, 2.45) is 0 Å². The van der Waals surface area contributed by atoms with Gasteiger partial charge in [-0.3, -0.25) is 4.79 Å².